The number of halogens is 1. The van der Waals surface area contributed by atoms with Crippen molar-refractivity contribution < 1.29 is 4.79 Å². The highest BCUT2D eigenvalue weighted by atomic mass is 79.9. The monoisotopic (exact) mass is 321 g/mol. The van der Waals surface area contributed by atoms with Crippen molar-refractivity contribution in [2.75, 3.05) is 0 Å². The van der Waals surface area contributed by atoms with Crippen LogP contribution in [0.1, 0.15) is 26.4 Å². The summed E-state index contributed by atoms with van der Waals surface area (Å²) < 4.78 is 1.03. The van der Waals surface area contributed by atoms with Crippen LogP contribution in [0.2, 0.25) is 0 Å². The number of ketones is 1. The number of carbonyl (C=O) groups excluding carboxylic acids is 1. The molecule has 1 aromatic carbocycles. The van der Waals surface area contributed by atoms with E-state index in [0.717, 1.165) is 28.0 Å². The summed E-state index contributed by atoms with van der Waals surface area (Å²) in [4.78, 5) is 13.3. The number of fused-ring (bicyclic) bond motifs is 1. The molecule has 0 aliphatic carbocycles. The van der Waals surface area contributed by atoms with E-state index in [0.29, 0.717) is 6.42 Å². The molecule has 4 heteroatoms. The Morgan fingerprint density at radius 3 is 2.89 bits per heavy atom. The summed E-state index contributed by atoms with van der Waals surface area (Å²) >= 11 is 5.08. The molecule has 2 heterocycles. The number of hydrogen-bond acceptors (Lipinski definition) is 3. The second-order valence-corrected chi connectivity index (χ2v) is 6.23. The topological polar surface area (TPSA) is 29.1 Å². The van der Waals surface area contributed by atoms with E-state index in [1.54, 1.807) is 11.3 Å². The van der Waals surface area contributed by atoms with Gasteiger partial charge in [0.05, 0.1) is 0 Å². The molecule has 92 valence electrons. The maximum atomic E-state index is 12.2. The first-order chi connectivity index (χ1) is 8.74. The second-order valence-electron chi connectivity index (χ2n) is 4.38. The van der Waals surface area contributed by atoms with Crippen molar-refractivity contribution in [2.24, 2.45) is 0 Å². The van der Waals surface area contributed by atoms with Gasteiger partial charge in [-0.1, -0.05) is 12.1 Å². The van der Waals surface area contributed by atoms with Crippen molar-refractivity contribution in [2.45, 2.75) is 19.5 Å². The zero-order valence-corrected chi connectivity index (χ0v) is 12.1. The fourth-order valence-corrected chi connectivity index (χ4v) is 3.66. The molecule has 0 saturated heterocycles. The predicted molar refractivity (Wildman–Crippen MR) is 77.0 cm³/mol. The molecule has 0 bridgehead atoms. The van der Waals surface area contributed by atoms with Gasteiger partial charge in [0.15, 0.2) is 5.78 Å². The lowest BCUT2D eigenvalue weighted by atomic mass is 10.0. The van der Waals surface area contributed by atoms with E-state index in [1.165, 1.54) is 11.1 Å². The number of Topliss-reactive ketones (excluding diaryl/α,β-unsaturated/α-hetero) is 1. The average Bonchev–Trinajstić information content (AvgIpc) is 2.98. The van der Waals surface area contributed by atoms with Crippen LogP contribution in [-0.2, 0) is 19.5 Å². The molecule has 1 aliphatic heterocycles. The minimum absolute atomic E-state index is 0.188. The minimum atomic E-state index is 0.188. The average molecular weight is 322 g/mol. The summed E-state index contributed by atoms with van der Waals surface area (Å²) in [7, 11) is 0. The fraction of sp³-hybridized carbons (Fsp3) is 0.214. The molecular formula is C14H12BrNOS. The highest BCUT2D eigenvalue weighted by Crippen LogP contribution is 2.25. The van der Waals surface area contributed by atoms with Gasteiger partial charge in [-0.2, -0.15) is 0 Å². The van der Waals surface area contributed by atoms with E-state index in [1.807, 2.05) is 23.6 Å². The summed E-state index contributed by atoms with van der Waals surface area (Å²) in [5.74, 6) is 0.188. The van der Waals surface area contributed by atoms with Gasteiger partial charge < -0.3 is 5.32 Å². The van der Waals surface area contributed by atoms with Crippen LogP contribution in [0.25, 0.3) is 0 Å². The molecule has 1 N–H and O–H groups in total. The molecule has 18 heavy (non-hydrogen) atoms. The van der Waals surface area contributed by atoms with Gasteiger partial charge in [0.2, 0.25) is 0 Å². The van der Waals surface area contributed by atoms with Crippen molar-refractivity contribution in [3.63, 3.8) is 0 Å². The Bertz CT molecular complexity index is 606. The fourth-order valence-electron chi connectivity index (χ4n) is 2.17. The summed E-state index contributed by atoms with van der Waals surface area (Å²) in [6, 6.07) is 8.01. The van der Waals surface area contributed by atoms with Crippen LogP contribution in [0.5, 0.6) is 0 Å². The van der Waals surface area contributed by atoms with Crippen LogP contribution in [0, 0.1) is 0 Å². The van der Waals surface area contributed by atoms with E-state index < -0.39 is 0 Å². The number of carbonyl (C=O) groups is 1. The van der Waals surface area contributed by atoms with Gasteiger partial charge in [-0.25, -0.2) is 0 Å². The maximum Gasteiger partial charge on any atom is 0.168 e. The van der Waals surface area contributed by atoms with Gasteiger partial charge in [-0.15, -0.1) is 11.3 Å². The molecule has 0 unspecified atom stereocenters. The lowest BCUT2D eigenvalue weighted by molar-refractivity contribution is 0.0993. The Morgan fingerprint density at radius 2 is 2.11 bits per heavy atom. The predicted octanol–water partition coefficient (Wildman–Crippen LogP) is 3.54. The SMILES string of the molecule is O=C(Cc1sccc1Br)c1ccc2c(c1)CNC2. The number of rotatable bonds is 3. The molecule has 0 atom stereocenters. The van der Waals surface area contributed by atoms with Crippen LogP contribution in [0.15, 0.2) is 34.1 Å². The van der Waals surface area contributed by atoms with E-state index in [4.69, 9.17) is 0 Å². The molecule has 0 amide bonds. The number of nitrogens with one attached hydrogen (secondary N) is 1. The van der Waals surface area contributed by atoms with Crippen molar-refractivity contribution in [1.29, 1.82) is 0 Å². The molecule has 3 rings (SSSR count). The van der Waals surface area contributed by atoms with E-state index >= 15 is 0 Å². The smallest absolute Gasteiger partial charge is 0.168 e. The first-order valence-electron chi connectivity index (χ1n) is 5.81. The van der Waals surface area contributed by atoms with Gasteiger partial charge in [0, 0.05) is 34.4 Å². The highest BCUT2D eigenvalue weighted by molar-refractivity contribution is 9.10. The van der Waals surface area contributed by atoms with Gasteiger partial charge in [0.1, 0.15) is 0 Å². The third kappa shape index (κ3) is 2.28. The van der Waals surface area contributed by atoms with Crippen LogP contribution in [0.3, 0.4) is 0 Å². The van der Waals surface area contributed by atoms with Crippen molar-refractivity contribution >= 4 is 33.0 Å². The van der Waals surface area contributed by atoms with Gasteiger partial charge in [-0.3, -0.25) is 4.79 Å². The Kier molecular flexibility index (Phi) is 3.33. The van der Waals surface area contributed by atoms with Crippen LogP contribution in [0.4, 0.5) is 0 Å². The Balaban J connectivity index is 1.83. The Morgan fingerprint density at radius 1 is 1.28 bits per heavy atom. The quantitative estimate of drug-likeness (QED) is 0.876. The standard InChI is InChI=1S/C14H12BrNOS/c15-12-3-4-18-14(12)6-13(17)9-1-2-10-7-16-8-11(10)5-9/h1-5,16H,6-8H2. The van der Waals surface area contributed by atoms with Gasteiger partial charge >= 0.3 is 0 Å². The van der Waals surface area contributed by atoms with Crippen molar-refractivity contribution in [3.8, 4) is 0 Å². The minimum Gasteiger partial charge on any atom is -0.309 e. The van der Waals surface area contributed by atoms with Crippen molar-refractivity contribution in [3.05, 3.63) is 55.7 Å². The number of benzene rings is 1. The van der Waals surface area contributed by atoms with E-state index in [-0.39, 0.29) is 5.78 Å². The molecule has 0 fully saturated rings. The van der Waals surface area contributed by atoms with Crippen LogP contribution < -0.4 is 5.32 Å². The lowest BCUT2D eigenvalue weighted by Gasteiger charge is -2.03. The lowest BCUT2D eigenvalue weighted by Crippen LogP contribution is -2.03. The molecule has 2 nitrogen and oxygen atoms in total. The summed E-state index contributed by atoms with van der Waals surface area (Å²) in [5.41, 5.74) is 3.38. The number of hydrogen-bond donors (Lipinski definition) is 1. The number of thiophene rings is 1. The van der Waals surface area contributed by atoms with Gasteiger partial charge in [0.25, 0.3) is 0 Å². The van der Waals surface area contributed by atoms with Crippen LogP contribution in [-0.4, -0.2) is 5.78 Å². The third-order valence-corrected chi connectivity index (χ3v) is 5.10. The molecular weight excluding hydrogens is 310 g/mol. The molecule has 1 aromatic heterocycles. The summed E-state index contributed by atoms with van der Waals surface area (Å²) in [6.45, 7) is 1.79. The summed E-state index contributed by atoms with van der Waals surface area (Å²) in [5, 5.41) is 5.29. The maximum absolute atomic E-state index is 12.2. The highest BCUT2D eigenvalue weighted by Gasteiger charge is 2.15. The molecule has 1 aliphatic rings. The van der Waals surface area contributed by atoms with E-state index in [9.17, 15) is 4.79 Å². The van der Waals surface area contributed by atoms with Crippen LogP contribution >= 0.6 is 27.3 Å². The Hall–Kier alpha value is -0.970. The van der Waals surface area contributed by atoms with E-state index in [2.05, 4.69) is 27.3 Å². The summed E-state index contributed by atoms with van der Waals surface area (Å²) in [6.07, 6.45) is 0.477. The normalized spacial score (nSPS) is 13.6. The molecule has 0 saturated carbocycles. The van der Waals surface area contributed by atoms with Gasteiger partial charge in [-0.05, 0) is 44.6 Å². The largest absolute Gasteiger partial charge is 0.309 e. The first kappa shape index (κ1) is 12.1. The second kappa shape index (κ2) is 4.96. The van der Waals surface area contributed by atoms with Crippen molar-refractivity contribution in [1.82, 2.24) is 5.32 Å². The molecule has 0 spiro atoms. The molecule has 0 radical (unpaired) electrons. The third-order valence-electron chi connectivity index (χ3n) is 3.17. The zero-order valence-electron chi connectivity index (χ0n) is 9.70. The molecule has 2 aromatic rings. The first-order valence-corrected chi connectivity index (χ1v) is 7.49. The zero-order chi connectivity index (χ0) is 12.5. The Labute approximate surface area is 118 Å².